The van der Waals surface area contributed by atoms with Crippen molar-refractivity contribution < 1.29 is 0 Å². The van der Waals surface area contributed by atoms with E-state index in [2.05, 4.69) is 41.8 Å². The zero-order valence-corrected chi connectivity index (χ0v) is 12.0. The highest BCUT2D eigenvalue weighted by molar-refractivity contribution is 9.10. The molecule has 0 radical (unpaired) electrons. The molecule has 0 atom stereocenters. The van der Waals surface area contributed by atoms with Gasteiger partial charge in [0.2, 0.25) is 0 Å². The van der Waals surface area contributed by atoms with Gasteiger partial charge in [0.15, 0.2) is 10.4 Å². The molecule has 1 aromatic carbocycles. The molecule has 0 bridgehead atoms. The van der Waals surface area contributed by atoms with Crippen LogP contribution in [-0.4, -0.2) is 32.2 Å². The predicted octanol–water partition coefficient (Wildman–Crippen LogP) is 2.23. The van der Waals surface area contributed by atoms with E-state index in [0.29, 0.717) is 4.60 Å². The SMILES string of the molecule is CNc1nnc(-c2c(Br)nnn2C)c2ccccc12. The Labute approximate surface area is 118 Å². The topological polar surface area (TPSA) is 68.5 Å². The molecule has 7 heteroatoms. The largest absolute Gasteiger partial charge is 0.371 e. The molecule has 19 heavy (non-hydrogen) atoms. The Kier molecular flexibility index (Phi) is 2.90. The molecule has 3 aromatic rings. The van der Waals surface area contributed by atoms with Crippen molar-refractivity contribution in [3.05, 3.63) is 28.9 Å². The summed E-state index contributed by atoms with van der Waals surface area (Å²) < 4.78 is 2.34. The van der Waals surface area contributed by atoms with Crippen LogP contribution in [0.5, 0.6) is 0 Å². The second-order valence-corrected chi connectivity index (χ2v) is 4.80. The maximum atomic E-state index is 4.30. The Balaban J connectivity index is 2.38. The van der Waals surface area contributed by atoms with Crippen LogP contribution in [-0.2, 0) is 7.05 Å². The molecule has 0 aliphatic heterocycles. The van der Waals surface area contributed by atoms with Crippen LogP contribution in [0, 0.1) is 0 Å². The van der Waals surface area contributed by atoms with Crippen molar-refractivity contribution in [2.24, 2.45) is 7.05 Å². The van der Waals surface area contributed by atoms with E-state index in [1.165, 1.54) is 0 Å². The van der Waals surface area contributed by atoms with E-state index in [-0.39, 0.29) is 0 Å². The number of nitrogens with one attached hydrogen (secondary N) is 1. The summed E-state index contributed by atoms with van der Waals surface area (Å²) >= 11 is 3.40. The lowest BCUT2D eigenvalue weighted by atomic mass is 10.1. The number of benzene rings is 1. The molecule has 0 amide bonds. The van der Waals surface area contributed by atoms with Crippen LogP contribution in [0.4, 0.5) is 5.82 Å². The third-order valence-corrected chi connectivity index (χ3v) is 3.47. The number of hydrogen-bond donors (Lipinski definition) is 1. The van der Waals surface area contributed by atoms with Crippen LogP contribution in [0.15, 0.2) is 28.9 Å². The minimum atomic E-state index is 0.659. The van der Waals surface area contributed by atoms with Crippen LogP contribution >= 0.6 is 15.9 Å². The Morgan fingerprint density at radius 3 is 2.47 bits per heavy atom. The quantitative estimate of drug-likeness (QED) is 0.784. The second-order valence-electron chi connectivity index (χ2n) is 4.05. The molecule has 6 nitrogen and oxygen atoms in total. The molecule has 0 fully saturated rings. The van der Waals surface area contributed by atoms with Crippen molar-refractivity contribution in [1.29, 1.82) is 0 Å². The van der Waals surface area contributed by atoms with Gasteiger partial charge in [-0.25, -0.2) is 4.68 Å². The Morgan fingerprint density at radius 1 is 1.11 bits per heavy atom. The number of nitrogens with zero attached hydrogens (tertiary/aromatic N) is 5. The molecule has 0 unspecified atom stereocenters. The molecule has 0 saturated heterocycles. The van der Waals surface area contributed by atoms with Gasteiger partial charge in [-0.15, -0.1) is 15.3 Å². The van der Waals surface area contributed by atoms with Gasteiger partial charge < -0.3 is 5.32 Å². The number of halogens is 1. The summed E-state index contributed by atoms with van der Waals surface area (Å²) in [5.41, 5.74) is 1.57. The summed E-state index contributed by atoms with van der Waals surface area (Å²) in [6.07, 6.45) is 0. The molecule has 0 saturated carbocycles. The summed E-state index contributed by atoms with van der Waals surface area (Å²) in [7, 11) is 3.66. The van der Waals surface area contributed by atoms with Gasteiger partial charge >= 0.3 is 0 Å². The van der Waals surface area contributed by atoms with Gasteiger partial charge in [-0.3, -0.25) is 0 Å². The van der Waals surface area contributed by atoms with Gasteiger partial charge in [0.1, 0.15) is 11.4 Å². The molecule has 2 heterocycles. The number of anilines is 1. The van der Waals surface area contributed by atoms with Gasteiger partial charge in [-0.1, -0.05) is 29.5 Å². The number of aryl methyl sites for hydroxylation is 1. The standard InChI is InChI=1S/C12H11BrN6/c1-14-12-8-6-4-3-5-7(8)9(15-17-12)10-11(13)16-18-19(10)2/h3-6H,1-2H3,(H,14,17). The fraction of sp³-hybridized carbons (Fsp3) is 0.167. The lowest BCUT2D eigenvalue weighted by Crippen LogP contribution is -2.01. The average molecular weight is 319 g/mol. The molecule has 3 rings (SSSR count). The van der Waals surface area contributed by atoms with E-state index >= 15 is 0 Å². The van der Waals surface area contributed by atoms with E-state index in [1.807, 2.05) is 38.4 Å². The van der Waals surface area contributed by atoms with Crippen molar-refractivity contribution >= 4 is 32.5 Å². The van der Waals surface area contributed by atoms with E-state index in [1.54, 1.807) is 4.68 Å². The van der Waals surface area contributed by atoms with Crippen molar-refractivity contribution in [2.45, 2.75) is 0 Å². The summed E-state index contributed by atoms with van der Waals surface area (Å²) in [5, 5.41) is 21.6. The Bertz CT molecular complexity index is 732. The van der Waals surface area contributed by atoms with Gasteiger partial charge in [-0.2, -0.15) is 0 Å². The summed E-state index contributed by atoms with van der Waals surface area (Å²) in [5.74, 6) is 0.755. The van der Waals surface area contributed by atoms with Gasteiger partial charge in [0, 0.05) is 24.9 Å². The minimum absolute atomic E-state index is 0.659. The summed E-state index contributed by atoms with van der Waals surface area (Å²) in [4.78, 5) is 0. The Morgan fingerprint density at radius 2 is 1.84 bits per heavy atom. The molecule has 1 N–H and O–H groups in total. The smallest absolute Gasteiger partial charge is 0.158 e. The van der Waals surface area contributed by atoms with Crippen LogP contribution in [0.1, 0.15) is 0 Å². The number of hydrogen-bond acceptors (Lipinski definition) is 5. The van der Waals surface area contributed by atoms with Crippen LogP contribution in [0.25, 0.3) is 22.2 Å². The number of aromatic nitrogens is 5. The average Bonchev–Trinajstić information content (AvgIpc) is 2.77. The number of rotatable bonds is 2. The maximum Gasteiger partial charge on any atom is 0.158 e. The van der Waals surface area contributed by atoms with Crippen molar-refractivity contribution in [1.82, 2.24) is 25.2 Å². The first-order valence-corrected chi connectivity index (χ1v) is 6.50. The first-order valence-electron chi connectivity index (χ1n) is 5.71. The first-order chi connectivity index (χ1) is 9.22. The molecule has 0 aliphatic rings. The van der Waals surface area contributed by atoms with Crippen LogP contribution < -0.4 is 5.32 Å². The van der Waals surface area contributed by atoms with E-state index < -0.39 is 0 Å². The predicted molar refractivity (Wildman–Crippen MR) is 76.8 cm³/mol. The monoisotopic (exact) mass is 318 g/mol. The first kappa shape index (κ1) is 12.0. The second kappa shape index (κ2) is 4.58. The molecule has 0 spiro atoms. The fourth-order valence-corrected chi connectivity index (χ4v) is 2.56. The van der Waals surface area contributed by atoms with Gasteiger partial charge in [-0.05, 0) is 15.9 Å². The fourth-order valence-electron chi connectivity index (χ4n) is 2.05. The third-order valence-electron chi connectivity index (χ3n) is 2.93. The van der Waals surface area contributed by atoms with Crippen molar-refractivity contribution in [3.63, 3.8) is 0 Å². The van der Waals surface area contributed by atoms with Crippen molar-refractivity contribution in [3.8, 4) is 11.4 Å². The highest BCUT2D eigenvalue weighted by Crippen LogP contribution is 2.32. The van der Waals surface area contributed by atoms with Crippen LogP contribution in [0.2, 0.25) is 0 Å². The van der Waals surface area contributed by atoms with E-state index in [0.717, 1.165) is 28.0 Å². The minimum Gasteiger partial charge on any atom is -0.371 e. The zero-order chi connectivity index (χ0) is 13.4. The molecular weight excluding hydrogens is 308 g/mol. The van der Waals surface area contributed by atoms with E-state index in [9.17, 15) is 0 Å². The van der Waals surface area contributed by atoms with Gasteiger partial charge in [0.25, 0.3) is 0 Å². The zero-order valence-electron chi connectivity index (χ0n) is 10.4. The molecule has 96 valence electrons. The van der Waals surface area contributed by atoms with E-state index in [4.69, 9.17) is 0 Å². The lowest BCUT2D eigenvalue weighted by molar-refractivity contribution is 0.718. The Hall–Kier alpha value is -2.02. The summed E-state index contributed by atoms with van der Waals surface area (Å²) in [6, 6.07) is 7.98. The molecule has 2 aromatic heterocycles. The molecular formula is C12H11BrN6. The normalized spacial score (nSPS) is 10.9. The maximum absolute atomic E-state index is 4.30. The summed E-state index contributed by atoms with van der Waals surface area (Å²) in [6.45, 7) is 0. The third kappa shape index (κ3) is 1.86. The van der Waals surface area contributed by atoms with Crippen molar-refractivity contribution in [2.75, 3.05) is 12.4 Å². The highest BCUT2D eigenvalue weighted by atomic mass is 79.9. The lowest BCUT2D eigenvalue weighted by Gasteiger charge is -2.08. The molecule has 0 aliphatic carbocycles. The van der Waals surface area contributed by atoms with Gasteiger partial charge in [0.05, 0.1) is 0 Å². The number of fused-ring (bicyclic) bond motifs is 1. The highest BCUT2D eigenvalue weighted by Gasteiger charge is 2.17. The van der Waals surface area contributed by atoms with Crippen LogP contribution in [0.3, 0.4) is 0 Å².